The van der Waals surface area contributed by atoms with E-state index >= 15 is 0 Å². The van der Waals surface area contributed by atoms with Crippen LogP contribution in [-0.4, -0.2) is 22.2 Å². The number of carbonyl (C=O) groups is 1. The first-order chi connectivity index (χ1) is 9.56. The Hall–Kier alpha value is -1.55. The van der Waals surface area contributed by atoms with Crippen molar-refractivity contribution in [2.75, 3.05) is 0 Å². The molecule has 4 nitrogen and oxygen atoms in total. The van der Waals surface area contributed by atoms with Crippen LogP contribution in [0.4, 0.5) is 0 Å². The predicted molar refractivity (Wildman–Crippen MR) is 75.4 cm³/mol. The second kappa shape index (κ2) is 5.09. The van der Waals surface area contributed by atoms with E-state index in [1.165, 1.54) is 0 Å². The molecule has 0 aromatic heterocycles. The van der Waals surface area contributed by atoms with Crippen molar-refractivity contribution in [1.82, 2.24) is 5.32 Å². The van der Waals surface area contributed by atoms with Gasteiger partial charge in [0.15, 0.2) is 0 Å². The number of hydrogen-bond acceptors (Lipinski definition) is 3. The highest BCUT2D eigenvalue weighted by Crippen LogP contribution is 2.48. The van der Waals surface area contributed by atoms with Crippen molar-refractivity contribution in [3.8, 4) is 5.75 Å². The number of phenolic OH excluding ortho intramolecular Hbond substituents is 1. The summed E-state index contributed by atoms with van der Waals surface area (Å²) >= 11 is 0. The highest BCUT2D eigenvalue weighted by Gasteiger charge is 2.50. The lowest BCUT2D eigenvalue weighted by molar-refractivity contribution is -0.144. The lowest BCUT2D eigenvalue weighted by Gasteiger charge is -2.29. The molecular formula is C16H21NO3. The summed E-state index contributed by atoms with van der Waals surface area (Å²) in [6.45, 7) is 2.52. The number of hydrogen-bond donors (Lipinski definition) is 3. The smallest absolute Gasteiger partial charge is 0.308 e. The molecule has 4 atom stereocenters. The van der Waals surface area contributed by atoms with Crippen LogP contribution in [0.1, 0.15) is 30.4 Å². The predicted octanol–water partition coefficient (Wildman–Crippen LogP) is 2.29. The van der Waals surface area contributed by atoms with Gasteiger partial charge in [-0.1, -0.05) is 17.7 Å². The fraction of sp³-hybridized carbons (Fsp3) is 0.562. The number of aryl methyl sites for hydroxylation is 1. The molecule has 2 aliphatic carbocycles. The SMILES string of the molecule is Cc1ccc(O)c(CNC2C3CCC(C3)C2C(=O)O)c1. The fourth-order valence-electron chi connectivity index (χ4n) is 4.02. The zero-order valence-corrected chi connectivity index (χ0v) is 11.7. The second-order valence-electron chi connectivity index (χ2n) is 6.24. The Kier molecular flexibility index (Phi) is 3.42. The Balaban J connectivity index is 1.71. The standard InChI is InChI=1S/C16H21NO3/c1-9-2-5-13(18)12(6-9)8-17-15-11-4-3-10(7-11)14(15)16(19)20/h2,5-6,10-11,14-15,17-18H,3-4,7-8H2,1H3,(H,19,20). The number of fused-ring (bicyclic) bond motifs is 2. The van der Waals surface area contributed by atoms with E-state index in [4.69, 9.17) is 0 Å². The average Bonchev–Trinajstić information content (AvgIpc) is 3.00. The average molecular weight is 275 g/mol. The Morgan fingerprint density at radius 2 is 2.10 bits per heavy atom. The molecule has 1 aromatic carbocycles. The maximum atomic E-state index is 11.4. The maximum absolute atomic E-state index is 11.4. The summed E-state index contributed by atoms with van der Waals surface area (Å²) in [7, 11) is 0. The van der Waals surface area contributed by atoms with E-state index in [2.05, 4.69) is 5.32 Å². The van der Waals surface area contributed by atoms with E-state index < -0.39 is 5.97 Å². The van der Waals surface area contributed by atoms with Crippen molar-refractivity contribution in [2.45, 2.75) is 38.8 Å². The van der Waals surface area contributed by atoms with Gasteiger partial charge >= 0.3 is 5.97 Å². The number of carboxylic acids is 1. The van der Waals surface area contributed by atoms with Crippen LogP contribution in [-0.2, 0) is 11.3 Å². The van der Waals surface area contributed by atoms with Gasteiger partial charge in [0.2, 0.25) is 0 Å². The zero-order chi connectivity index (χ0) is 14.3. The van der Waals surface area contributed by atoms with Gasteiger partial charge in [-0.25, -0.2) is 0 Å². The molecule has 2 fully saturated rings. The molecule has 2 saturated carbocycles. The van der Waals surface area contributed by atoms with Crippen molar-refractivity contribution in [3.63, 3.8) is 0 Å². The summed E-state index contributed by atoms with van der Waals surface area (Å²) in [6.07, 6.45) is 3.22. The highest BCUT2D eigenvalue weighted by molar-refractivity contribution is 5.72. The van der Waals surface area contributed by atoms with Crippen molar-refractivity contribution >= 4 is 5.97 Å². The number of aromatic hydroxyl groups is 1. The van der Waals surface area contributed by atoms with Gasteiger partial charge in [0, 0.05) is 18.2 Å². The van der Waals surface area contributed by atoms with Gasteiger partial charge in [0.05, 0.1) is 5.92 Å². The van der Waals surface area contributed by atoms with Crippen LogP contribution in [0.3, 0.4) is 0 Å². The van der Waals surface area contributed by atoms with Crippen molar-refractivity contribution in [1.29, 1.82) is 0 Å². The second-order valence-corrected chi connectivity index (χ2v) is 6.24. The molecule has 3 rings (SSSR count). The Morgan fingerprint density at radius 3 is 2.85 bits per heavy atom. The molecule has 2 bridgehead atoms. The highest BCUT2D eigenvalue weighted by atomic mass is 16.4. The number of benzene rings is 1. The van der Waals surface area contributed by atoms with E-state index in [0.717, 1.165) is 30.4 Å². The first-order valence-corrected chi connectivity index (χ1v) is 7.31. The lowest BCUT2D eigenvalue weighted by Crippen LogP contribution is -2.43. The summed E-state index contributed by atoms with van der Waals surface area (Å²) in [5.41, 5.74) is 1.94. The molecule has 0 amide bonds. The quantitative estimate of drug-likeness (QED) is 0.788. The fourth-order valence-corrected chi connectivity index (χ4v) is 4.02. The van der Waals surface area contributed by atoms with Gasteiger partial charge in [-0.15, -0.1) is 0 Å². The minimum absolute atomic E-state index is 0.0474. The topological polar surface area (TPSA) is 69.6 Å². The molecule has 3 N–H and O–H groups in total. The summed E-state index contributed by atoms with van der Waals surface area (Å²) < 4.78 is 0. The number of carboxylic acid groups (broad SMARTS) is 1. The van der Waals surface area contributed by atoms with Crippen LogP contribution in [0, 0.1) is 24.7 Å². The van der Waals surface area contributed by atoms with Crippen molar-refractivity contribution in [3.05, 3.63) is 29.3 Å². The Bertz CT molecular complexity index is 528. The van der Waals surface area contributed by atoms with Crippen molar-refractivity contribution < 1.29 is 15.0 Å². The lowest BCUT2D eigenvalue weighted by atomic mass is 9.84. The van der Waals surface area contributed by atoms with Crippen LogP contribution >= 0.6 is 0 Å². The molecule has 2 aliphatic rings. The van der Waals surface area contributed by atoms with E-state index in [1.807, 2.05) is 19.1 Å². The number of aliphatic carboxylic acids is 1. The molecule has 20 heavy (non-hydrogen) atoms. The van der Waals surface area contributed by atoms with Gasteiger partial charge in [0.1, 0.15) is 5.75 Å². The van der Waals surface area contributed by atoms with E-state index in [0.29, 0.717) is 18.4 Å². The van der Waals surface area contributed by atoms with Gasteiger partial charge in [-0.05, 0) is 44.1 Å². The Labute approximate surface area is 118 Å². The molecule has 108 valence electrons. The summed E-state index contributed by atoms with van der Waals surface area (Å²) in [5.74, 6) is 0.149. The van der Waals surface area contributed by atoms with Crippen molar-refractivity contribution in [2.24, 2.45) is 17.8 Å². The van der Waals surface area contributed by atoms with Gasteiger partial charge < -0.3 is 15.5 Å². The van der Waals surface area contributed by atoms with Gasteiger partial charge in [-0.2, -0.15) is 0 Å². The molecule has 0 heterocycles. The monoisotopic (exact) mass is 275 g/mol. The van der Waals surface area contributed by atoms with E-state index in [-0.39, 0.29) is 17.7 Å². The number of nitrogens with one attached hydrogen (secondary N) is 1. The van der Waals surface area contributed by atoms with E-state index in [9.17, 15) is 15.0 Å². The van der Waals surface area contributed by atoms with Crippen LogP contribution in [0.2, 0.25) is 0 Å². The normalized spacial score (nSPS) is 31.6. The molecule has 4 heteroatoms. The summed E-state index contributed by atoms with van der Waals surface area (Å²) in [5, 5.41) is 22.7. The number of rotatable bonds is 4. The third-order valence-corrected chi connectivity index (χ3v) is 4.96. The minimum Gasteiger partial charge on any atom is -0.508 e. The largest absolute Gasteiger partial charge is 0.508 e. The summed E-state index contributed by atoms with van der Waals surface area (Å²) in [6, 6.07) is 5.56. The maximum Gasteiger partial charge on any atom is 0.308 e. The van der Waals surface area contributed by atoms with E-state index in [1.54, 1.807) is 6.07 Å². The number of phenols is 1. The third-order valence-electron chi connectivity index (χ3n) is 4.96. The van der Waals surface area contributed by atoms with Crippen LogP contribution in [0.5, 0.6) is 5.75 Å². The molecule has 0 spiro atoms. The minimum atomic E-state index is -0.678. The van der Waals surface area contributed by atoms with Crippen LogP contribution < -0.4 is 5.32 Å². The molecule has 0 saturated heterocycles. The molecular weight excluding hydrogens is 254 g/mol. The third kappa shape index (κ3) is 2.29. The molecule has 4 unspecified atom stereocenters. The van der Waals surface area contributed by atoms with Gasteiger partial charge in [-0.3, -0.25) is 4.79 Å². The van der Waals surface area contributed by atoms with Crippen LogP contribution in [0.15, 0.2) is 18.2 Å². The Morgan fingerprint density at radius 1 is 1.35 bits per heavy atom. The van der Waals surface area contributed by atoms with Gasteiger partial charge in [0.25, 0.3) is 0 Å². The summed E-state index contributed by atoms with van der Waals surface area (Å²) in [4.78, 5) is 11.4. The van der Waals surface area contributed by atoms with Crippen LogP contribution in [0.25, 0.3) is 0 Å². The molecule has 0 radical (unpaired) electrons. The molecule has 0 aliphatic heterocycles. The zero-order valence-electron chi connectivity index (χ0n) is 11.7. The first kappa shape index (κ1) is 13.4. The molecule has 1 aromatic rings. The first-order valence-electron chi connectivity index (χ1n) is 7.31.